The fourth-order valence-electron chi connectivity index (χ4n) is 12.1. The van der Waals surface area contributed by atoms with E-state index in [1.54, 1.807) is 0 Å². The van der Waals surface area contributed by atoms with E-state index in [1.807, 2.05) is 36.4 Å². The highest BCUT2D eigenvalue weighted by Gasteiger charge is 2.57. The largest absolute Gasteiger partial charge is 0.309 e. The van der Waals surface area contributed by atoms with E-state index in [4.69, 9.17) is 15.0 Å². The summed E-state index contributed by atoms with van der Waals surface area (Å²) in [5, 5.41) is 2.59. The van der Waals surface area contributed by atoms with Gasteiger partial charge in [0.25, 0.3) is 0 Å². The molecule has 3 aliphatic carbocycles. The summed E-state index contributed by atoms with van der Waals surface area (Å²) in [6.07, 6.45) is 0. The fraction of sp³-hybridized carbons (Fsp3) is 0.164. The molecule has 0 radical (unpaired) electrons. The molecule has 0 atom stereocenters. The molecule has 2 heterocycles. The van der Waals surface area contributed by atoms with Crippen LogP contribution in [0.4, 0.5) is 0 Å². The van der Waals surface area contributed by atoms with Crippen LogP contribution in [-0.2, 0) is 16.2 Å². The van der Waals surface area contributed by atoms with Gasteiger partial charge in [0.1, 0.15) is 0 Å². The van der Waals surface area contributed by atoms with Crippen LogP contribution < -0.4 is 0 Å². The highest BCUT2D eigenvalue weighted by Crippen LogP contribution is 2.65. The van der Waals surface area contributed by atoms with Crippen LogP contribution in [-0.4, -0.2) is 19.5 Å². The maximum absolute atomic E-state index is 5.21. The molecule has 65 heavy (non-hydrogen) atoms. The Hall–Kier alpha value is -7.43. The lowest BCUT2D eigenvalue weighted by molar-refractivity contribution is 0.125. The van der Waals surface area contributed by atoms with Crippen molar-refractivity contribution in [3.63, 3.8) is 0 Å². The molecule has 0 N–H and O–H groups in total. The standard InChI is InChI=1S/C61H48N4/c1-58(2)51-35-46-45-25-15-18-28-53(45)65(54(46)36-52(51)59(3,4)60(58,5)6)40-30-32-44-43-31-29-39(57-63-55(37-19-9-7-10-20-37)62-56(64-57)38-21-11-8-12-22-38)33-49(43)61(50(44)34-40)47-26-16-13-23-41(47)42-24-14-17-27-48(42)61/h7-36H,1-6H3. The van der Waals surface area contributed by atoms with Gasteiger partial charge in [0.15, 0.2) is 17.5 Å². The molecule has 4 nitrogen and oxygen atoms in total. The van der Waals surface area contributed by atoms with Gasteiger partial charge in [0, 0.05) is 33.2 Å². The van der Waals surface area contributed by atoms with Crippen molar-refractivity contribution in [3.05, 3.63) is 215 Å². The molecular formula is C61H48N4. The molecule has 13 rings (SSSR count). The van der Waals surface area contributed by atoms with Crippen molar-refractivity contribution >= 4 is 21.8 Å². The topological polar surface area (TPSA) is 43.6 Å². The first kappa shape index (κ1) is 38.1. The summed E-state index contributed by atoms with van der Waals surface area (Å²) in [7, 11) is 0. The highest BCUT2D eigenvalue weighted by molar-refractivity contribution is 6.10. The molecule has 2 aromatic heterocycles. The third-order valence-corrected chi connectivity index (χ3v) is 16.6. The second kappa shape index (κ2) is 13.1. The lowest BCUT2D eigenvalue weighted by atomic mass is 9.59. The van der Waals surface area contributed by atoms with E-state index in [0.29, 0.717) is 17.5 Å². The van der Waals surface area contributed by atoms with Gasteiger partial charge in [0.05, 0.1) is 16.4 Å². The number of hydrogen-bond donors (Lipinski definition) is 0. The van der Waals surface area contributed by atoms with Gasteiger partial charge in [-0.15, -0.1) is 0 Å². The quantitative estimate of drug-likeness (QED) is 0.177. The van der Waals surface area contributed by atoms with Crippen LogP contribution in [0.3, 0.4) is 0 Å². The van der Waals surface area contributed by atoms with Crippen molar-refractivity contribution in [2.75, 3.05) is 0 Å². The van der Waals surface area contributed by atoms with Crippen molar-refractivity contribution in [1.29, 1.82) is 0 Å². The normalized spacial score (nSPS) is 16.3. The zero-order chi connectivity index (χ0) is 44.0. The number of aromatic nitrogens is 4. The van der Waals surface area contributed by atoms with E-state index < -0.39 is 5.41 Å². The predicted octanol–water partition coefficient (Wildman–Crippen LogP) is 14.9. The van der Waals surface area contributed by atoms with E-state index in [0.717, 1.165) is 22.4 Å². The van der Waals surface area contributed by atoms with Gasteiger partial charge in [0.2, 0.25) is 0 Å². The minimum absolute atomic E-state index is 0.00456. The molecule has 10 aromatic rings. The molecule has 3 aliphatic rings. The molecule has 0 saturated heterocycles. The van der Waals surface area contributed by atoms with E-state index in [9.17, 15) is 0 Å². The van der Waals surface area contributed by atoms with Gasteiger partial charge >= 0.3 is 0 Å². The summed E-state index contributed by atoms with van der Waals surface area (Å²) in [4.78, 5) is 15.4. The van der Waals surface area contributed by atoms with E-state index in [-0.39, 0.29) is 16.2 Å². The Labute approximate surface area is 380 Å². The fourth-order valence-corrected chi connectivity index (χ4v) is 12.1. The monoisotopic (exact) mass is 836 g/mol. The van der Waals surface area contributed by atoms with Gasteiger partial charge in [-0.2, -0.15) is 0 Å². The maximum atomic E-state index is 5.21. The van der Waals surface area contributed by atoms with Crippen LogP contribution in [0.1, 0.15) is 74.9 Å². The average Bonchev–Trinajstić information content (AvgIpc) is 3.97. The molecule has 0 unspecified atom stereocenters. The third kappa shape index (κ3) is 4.89. The molecule has 0 amide bonds. The van der Waals surface area contributed by atoms with Crippen molar-refractivity contribution < 1.29 is 0 Å². The number of para-hydroxylation sites is 1. The Morgan fingerprint density at radius 3 is 1.43 bits per heavy atom. The van der Waals surface area contributed by atoms with Gasteiger partial charge in [-0.1, -0.05) is 187 Å². The Balaban J connectivity index is 1.07. The van der Waals surface area contributed by atoms with E-state index >= 15 is 0 Å². The average molecular weight is 837 g/mol. The summed E-state index contributed by atoms with van der Waals surface area (Å²) >= 11 is 0. The summed E-state index contributed by atoms with van der Waals surface area (Å²) in [6.45, 7) is 14.7. The first-order valence-electron chi connectivity index (χ1n) is 22.9. The highest BCUT2D eigenvalue weighted by atomic mass is 15.0. The zero-order valence-electron chi connectivity index (χ0n) is 37.6. The summed E-state index contributed by atoms with van der Waals surface area (Å²) in [5.74, 6) is 1.96. The van der Waals surface area contributed by atoms with Crippen LogP contribution in [0, 0.1) is 5.41 Å². The summed E-state index contributed by atoms with van der Waals surface area (Å²) in [6, 6.07) is 66.8. The van der Waals surface area contributed by atoms with Crippen molar-refractivity contribution in [2.45, 2.75) is 57.8 Å². The number of fused-ring (bicyclic) bond motifs is 14. The van der Waals surface area contributed by atoms with E-state index in [2.05, 4.69) is 192 Å². The Morgan fingerprint density at radius 2 is 0.815 bits per heavy atom. The van der Waals surface area contributed by atoms with Crippen LogP contribution in [0.5, 0.6) is 0 Å². The number of benzene rings is 8. The summed E-state index contributed by atoms with van der Waals surface area (Å²) < 4.78 is 2.54. The number of hydrogen-bond acceptors (Lipinski definition) is 3. The minimum Gasteiger partial charge on any atom is -0.309 e. The maximum Gasteiger partial charge on any atom is 0.164 e. The predicted molar refractivity (Wildman–Crippen MR) is 267 cm³/mol. The molecule has 0 saturated carbocycles. The molecule has 0 aliphatic heterocycles. The second-order valence-corrected chi connectivity index (χ2v) is 20.0. The molecule has 0 bridgehead atoms. The summed E-state index contributed by atoms with van der Waals surface area (Å²) in [5.41, 5.74) is 19.0. The van der Waals surface area contributed by atoms with Gasteiger partial charge in [-0.05, 0) is 108 Å². The SMILES string of the molecule is CC1(C)c2cc3c4ccccc4n(-c4ccc5c(c4)C4(c6ccccc6-c6ccccc64)c4cc(-c6nc(-c7ccccc7)nc(-c7ccccc7)n6)ccc4-5)c3cc2C(C)(C)C1(C)C. The first-order chi connectivity index (χ1) is 31.5. The Bertz CT molecular complexity index is 3530. The smallest absolute Gasteiger partial charge is 0.164 e. The van der Waals surface area contributed by atoms with Gasteiger partial charge in [-0.3, -0.25) is 0 Å². The van der Waals surface area contributed by atoms with Crippen molar-refractivity contribution in [2.24, 2.45) is 5.41 Å². The number of rotatable bonds is 4. The Morgan fingerprint density at radius 1 is 0.338 bits per heavy atom. The second-order valence-electron chi connectivity index (χ2n) is 20.0. The van der Waals surface area contributed by atoms with Crippen LogP contribution >= 0.6 is 0 Å². The van der Waals surface area contributed by atoms with E-state index in [1.165, 1.54) is 77.4 Å². The first-order valence-corrected chi connectivity index (χ1v) is 22.9. The van der Waals surface area contributed by atoms with Gasteiger partial charge in [-0.25, -0.2) is 15.0 Å². The molecular weight excluding hydrogens is 789 g/mol. The third-order valence-electron chi connectivity index (χ3n) is 16.6. The minimum atomic E-state index is -0.586. The lowest BCUT2D eigenvalue weighted by Crippen LogP contribution is -2.42. The van der Waals surface area contributed by atoms with Crippen LogP contribution in [0.25, 0.3) is 83.9 Å². The van der Waals surface area contributed by atoms with Crippen LogP contribution in [0.15, 0.2) is 182 Å². The van der Waals surface area contributed by atoms with Gasteiger partial charge < -0.3 is 4.57 Å². The number of nitrogens with zero attached hydrogens (tertiary/aromatic N) is 4. The lowest BCUT2D eigenvalue weighted by Gasteiger charge is -2.44. The molecule has 0 fully saturated rings. The van der Waals surface area contributed by atoms with Crippen molar-refractivity contribution in [1.82, 2.24) is 19.5 Å². The molecule has 1 spiro atoms. The molecule has 4 heteroatoms. The molecule has 312 valence electrons. The van der Waals surface area contributed by atoms with Crippen LogP contribution in [0.2, 0.25) is 0 Å². The molecule has 8 aromatic carbocycles. The Kier molecular flexibility index (Phi) is 7.66. The zero-order valence-corrected chi connectivity index (χ0v) is 37.6. The van der Waals surface area contributed by atoms with Crippen molar-refractivity contribution in [3.8, 4) is 62.1 Å².